The van der Waals surface area contributed by atoms with Gasteiger partial charge in [0.2, 0.25) is 0 Å². The van der Waals surface area contributed by atoms with Crippen molar-refractivity contribution in [2.75, 3.05) is 31.6 Å². The predicted molar refractivity (Wildman–Crippen MR) is 73.5 cm³/mol. The highest BCUT2D eigenvalue weighted by atomic mass is 19.1. The van der Waals surface area contributed by atoms with Crippen molar-refractivity contribution in [2.24, 2.45) is 0 Å². The second-order valence-electron chi connectivity index (χ2n) is 4.52. The minimum absolute atomic E-state index is 0.112. The summed E-state index contributed by atoms with van der Waals surface area (Å²) in [7, 11) is 1.93. The fraction of sp³-hybridized carbons (Fsp3) is 0.571. The molecule has 0 spiro atoms. The number of benzene rings is 1. The number of aliphatic hydroxyl groups excluding tert-OH is 1. The lowest BCUT2D eigenvalue weighted by molar-refractivity contribution is 0.237. The molecule has 3 nitrogen and oxygen atoms in total. The van der Waals surface area contributed by atoms with Crippen LogP contribution in [0, 0.1) is 5.82 Å². The second-order valence-corrected chi connectivity index (χ2v) is 4.52. The maximum absolute atomic E-state index is 13.1. The topological polar surface area (TPSA) is 35.5 Å². The van der Waals surface area contributed by atoms with Crippen LogP contribution in [0.2, 0.25) is 0 Å². The molecular formula is C14H23FN2O. The van der Waals surface area contributed by atoms with E-state index < -0.39 is 0 Å². The number of nitrogens with one attached hydrogen (secondary N) is 1. The molecule has 0 aliphatic heterocycles. The number of anilines is 1. The molecule has 0 heterocycles. The van der Waals surface area contributed by atoms with Gasteiger partial charge in [0.25, 0.3) is 0 Å². The van der Waals surface area contributed by atoms with Gasteiger partial charge in [0.05, 0.1) is 6.61 Å². The van der Waals surface area contributed by atoms with E-state index in [1.165, 1.54) is 12.1 Å². The summed E-state index contributed by atoms with van der Waals surface area (Å²) in [4.78, 5) is 2.00. The van der Waals surface area contributed by atoms with Crippen molar-refractivity contribution < 1.29 is 9.50 Å². The lowest BCUT2D eigenvalue weighted by atomic mass is 10.2. The zero-order valence-corrected chi connectivity index (χ0v) is 11.2. The van der Waals surface area contributed by atoms with E-state index in [-0.39, 0.29) is 18.5 Å². The molecular weight excluding hydrogens is 231 g/mol. The molecule has 1 aromatic carbocycles. The molecule has 18 heavy (non-hydrogen) atoms. The Morgan fingerprint density at radius 3 is 2.83 bits per heavy atom. The summed E-state index contributed by atoms with van der Waals surface area (Å²) in [5.41, 5.74) is 0.863. The number of hydrogen-bond acceptors (Lipinski definition) is 3. The third kappa shape index (κ3) is 5.02. The van der Waals surface area contributed by atoms with E-state index in [1.54, 1.807) is 6.07 Å². The van der Waals surface area contributed by atoms with Gasteiger partial charge in [-0.05, 0) is 37.6 Å². The van der Waals surface area contributed by atoms with Crippen molar-refractivity contribution in [3.05, 3.63) is 30.1 Å². The molecule has 1 unspecified atom stereocenters. The molecule has 1 atom stereocenters. The summed E-state index contributed by atoms with van der Waals surface area (Å²) < 4.78 is 13.1. The summed E-state index contributed by atoms with van der Waals surface area (Å²) in [5, 5.41) is 12.5. The number of hydrogen-bond donors (Lipinski definition) is 2. The van der Waals surface area contributed by atoms with Gasteiger partial charge in [-0.1, -0.05) is 13.0 Å². The maximum atomic E-state index is 13.1. The molecule has 0 bridgehead atoms. The molecule has 0 saturated carbocycles. The molecule has 1 rings (SSSR count). The van der Waals surface area contributed by atoms with Crippen molar-refractivity contribution in [3.63, 3.8) is 0 Å². The molecule has 0 fully saturated rings. The van der Waals surface area contributed by atoms with Crippen molar-refractivity contribution in [1.82, 2.24) is 5.32 Å². The zero-order chi connectivity index (χ0) is 13.4. The Kier molecular flexibility index (Phi) is 6.68. The van der Waals surface area contributed by atoms with Crippen molar-refractivity contribution >= 4 is 5.69 Å². The Morgan fingerprint density at radius 2 is 2.22 bits per heavy atom. The highest BCUT2D eigenvalue weighted by Gasteiger charge is 2.08. The predicted octanol–water partition coefficient (Wildman–Crippen LogP) is 2.01. The highest BCUT2D eigenvalue weighted by molar-refractivity contribution is 5.45. The Balaban J connectivity index is 2.42. The summed E-state index contributed by atoms with van der Waals surface area (Å²) >= 11 is 0. The van der Waals surface area contributed by atoms with Crippen LogP contribution in [-0.2, 0) is 0 Å². The standard InChI is InChI=1S/C14H23FN2O/c1-3-8-16-13(11-18)7-9-17(2)14-6-4-5-12(15)10-14/h4-6,10,13,16,18H,3,7-9,11H2,1-2H3. The largest absolute Gasteiger partial charge is 0.395 e. The molecule has 2 N–H and O–H groups in total. The molecule has 0 saturated heterocycles. The van der Waals surface area contributed by atoms with Gasteiger partial charge in [0.1, 0.15) is 5.82 Å². The molecule has 0 amide bonds. The average molecular weight is 254 g/mol. The number of rotatable bonds is 8. The van der Waals surface area contributed by atoms with Gasteiger partial charge >= 0.3 is 0 Å². The van der Waals surface area contributed by atoms with E-state index in [0.29, 0.717) is 0 Å². The molecule has 0 aliphatic rings. The first-order valence-electron chi connectivity index (χ1n) is 6.48. The molecule has 0 radical (unpaired) electrons. The first-order chi connectivity index (χ1) is 8.67. The quantitative estimate of drug-likeness (QED) is 0.745. The maximum Gasteiger partial charge on any atom is 0.125 e. The highest BCUT2D eigenvalue weighted by Crippen LogP contribution is 2.14. The minimum atomic E-state index is -0.220. The molecule has 0 aromatic heterocycles. The summed E-state index contributed by atoms with van der Waals surface area (Å²) in [6.45, 7) is 3.93. The first kappa shape index (κ1) is 14.9. The van der Waals surface area contributed by atoms with E-state index >= 15 is 0 Å². The van der Waals surface area contributed by atoms with Gasteiger partial charge in [-0.15, -0.1) is 0 Å². The van der Waals surface area contributed by atoms with E-state index in [4.69, 9.17) is 0 Å². The van der Waals surface area contributed by atoms with Gasteiger partial charge in [0.15, 0.2) is 0 Å². The molecule has 0 aliphatic carbocycles. The van der Waals surface area contributed by atoms with Crippen LogP contribution in [0.5, 0.6) is 0 Å². The molecule has 4 heteroatoms. The van der Waals surface area contributed by atoms with E-state index in [1.807, 2.05) is 18.0 Å². The monoisotopic (exact) mass is 254 g/mol. The first-order valence-corrected chi connectivity index (χ1v) is 6.48. The van der Waals surface area contributed by atoms with Crippen LogP contribution in [0.3, 0.4) is 0 Å². The van der Waals surface area contributed by atoms with Gasteiger partial charge in [-0.25, -0.2) is 4.39 Å². The van der Waals surface area contributed by atoms with Crippen molar-refractivity contribution in [1.29, 1.82) is 0 Å². The van der Waals surface area contributed by atoms with Crippen LogP contribution in [-0.4, -0.2) is 37.9 Å². The smallest absolute Gasteiger partial charge is 0.125 e. The average Bonchev–Trinajstić information content (AvgIpc) is 2.38. The Hall–Kier alpha value is -1.13. The zero-order valence-electron chi connectivity index (χ0n) is 11.2. The van der Waals surface area contributed by atoms with Crippen LogP contribution in [0.1, 0.15) is 19.8 Å². The van der Waals surface area contributed by atoms with E-state index in [0.717, 1.165) is 31.6 Å². The van der Waals surface area contributed by atoms with Gasteiger partial charge in [-0.3, -0.25) is 0 Å². The van der Waals surface area contributed by atoms with Gasteiger partial charge in [0, 0.05) is 25.3 Å². The Morgan fingerprint density at radius 1 is 1.44 bits per heavy atom. The number of aliphatic hydroxyl groups is 1. The Bertz CT molecular complexity index is 346. The van der Waals surface area contributed by atoms with Crippen molar-refractivity contribution in [2.45, 2.75) is 25.8 Å². The summed E-state index contributed by atoms with van der Waals surface area (Å²) in [5.74, 6) is -0.220. The van der Waals surface area contributed by atoms with Crippen LogP contribution in [0.15, 0.2) is 24.3 Å². The number of halogens is 1. The van der Waals surface area contributed by atoms with Crippen LogP contribution in [0.25, 0.3) is 0 Å². The SMILES string of the molecule is CCCNC(CO)CCN(C)c1cccc(F)c1. The molecule has 102 valence electrons. The van der Waals surface area contributed by atoms with E-state index in [2.05, 4.69) is 12.2 Å². The fourth-order valence-corrected chi connectivity index (χ4v) is 1.80. The Labute approximate surface area is 109 Å². The van der Waals surface area contributed by atoms with E-state index in [9.17, 15) is 9.50 Å². The summed E-state index contributed by atoms with van der Waals surface area (Å²) in [6.07, 6.45) is 1.89. The normalized spacial score (nSPS) is 12.4. The number of nitrogens with zero attached hydrogens (tertiary/aromatic N) is 1. The molecule has 1 aromatic rings. The van der Waals surface area contributed by atoms with Gasteiger partial charge in [-0.2, -0.15) is 0 Å². The lowest BCUT2D eigenvalue weighted by Crippen LogP contribution is -2.36. The van der Waals surface area contributed by atoms with Crippen LogP contribution >= 0.6 is 0 Å². The second kappa shape index (κ2) is 8.06. The van der Waals surface area contributed by atoms with Crippen LogP contribution in [0.4, 0.5) is 10.1 Å². The third-order valence-corrected chi connectivity index (χ3v) is 2.97. The third-order valence-electron chi connectivity index (χ3n) is 2.97. The lowest BCUT2D eigenvalue weighted by Gasteiger charge is -2.23. The van der Waals surface area contributed by atoms with Crippen molar-refractivity contribution in [3.8, 4) is 0 Å². The fourth-order valence-electron chi connectivity index (χ4n) is 1.80. The van der Waals surface area contributed by atoms with Crippen LogP contribution < -0.4 is 10.2 Å². The van der Waals surface area contributed by atoms with Gasteiger partial charge < -0.3 is 15.3 Å². The minimum Gasteiger partial charge on any atom is -0.395 e. The summed E-state index contributed by atoms with van der Waals surface area (Å²) in [6, 6.07) is 6.67.